The molecule has 72 valence electrons. The van der Waals surface area contributed by atoms with E-state index < -0.39 is 17.2 Å². The second-order valence-electron chi connectivity index (χ2n) is 2.40. The van der Waals surface area contributed by atoms with Crippen molar-refractivity contribution in [3.63, 3.8) is 0 Å². The van der Waals surface area contributed by atoms with Crippen LogP contribution in [0.4, 0.5) is 0 Å². The third kappa shape index (κ3) is 2.31. The van der Waals surface area contributed by atoms with Crippen molar-refractivity contribution in [3.05, 3.63) is 33.1 Å². The summed E-state index contributed by atoms with van der Waals surface area (Å²) in [7, 11) is 0. The first-order chi connectivity index (χ1) is 6.63. The Kier molecular flexibility index (Phi) is 2.81. The fourth-order valence-corrected chi connectivity index (χ4v) is 0.825. The summed E-state index contributed by atoms with van der Waals surface area (Å²) in [5, 5.41) is 9.95. The highest BCUT2D eigenvalue weighted by Gasteiger charge is 2.02. The first-order valence-corrected chi connectivity index (χ1v) is 3.61. The number of H-pyrrole nitrogens is 1. The number of nitrogens with one attached hydrogen (secondary N) is 2. The maximum absolute atomic E-state index is 11.0. The number of carbonyl (C=O) groups is 1. The summed E-state index contributed by atoms with van der Waals surface area (Å²) in [5.74, 6) is -0.623. The number of hydrogen-bond acceptors (Lipinski definition) is 4. The number of aromatic amines is 1. The highest BCUT2D eigenvalue weighted by Crippen LogP contribution is 1.76. The van der Waals surface area contributed by atoms with Gasteiger partial charge in [-0.05, 0) is 0 Å². The summed E-state index contributed by atoms with van der Waals surface area (Å²) in [6.45, 7) is -0.302. The molecule has 0 aliphatic heterocycles. The van der Waals surface area contributed by atoms with Crippen LogP contribution < -0.4 is 16.6 Å². The van der Waals surface area contributed by atoms with E-state index in [0.717, 1.165) is 10.6 Å². The zero-order valence-electron chi connectivity index (χ0n) is 6.98. The van der Waals surface area contributed by atoms with Gasteiger partial charge in [-0.1, -0.05) is 0 Å². The van der Waals surface area contributed by atoms with Gasteiger partial charge in [0.1, 0.15) is 6.54 Å². The van der Waals surface area contributed by atoms with Crippen molar-refractivity contribution in [1.29, 1.82) is 5.26 Å². The third-order valence-electron chi connectivity index (χ3n) is 1.41. The molecule has 1 heterocycles. The highest BCUT2D eigenvalue weighted by molar-refractivity contribution is 5.77. The van der Waals surface area contributed by atoms with E-state index in [1.807, 2.05) is 10.3 Å². The topological polar surface area (TPSA) is 108 Å². The predicted molar refractivity (Wildman–Crippen MR) is 45.1 cm³/mol. The smallest absolute Gasteiger partial charge is 0.291 e. The molecule has 14 heavy (non-hydrogen) atoms. The van der Waals surface area contributed by atoms with Gasteiger partial charge in [0.25, 0.3) is 11.5 Å². The molecule has 0 spiro atoms. The molecular weight excluding hydrogens is 188 g/mol. The van der Waals surface area contributed by atoms with E-state index in [2.05, 4.69) is 0 Å². The van der Waals surface area contributed by atoms with Crippen LogP contribution in [0.5, 0.6) is 0 Å². The molecule has 0 unspecified atom stereocenters. The molecule has 7 nitrogen and oxygen atoms in total. The maximum atomic E-state index is 11.0. The van der Waals surface area contributed by atoms with Gasteiger partial charge in [0.15, 0.2) is 6.19 Å². The average Bonchev–Trinajstić information content (AvgIpc) is 2.10. The number of hydrogen-bond donors (Lipinski definition) is 2. The molecule has 0 aromatic carbocycles. The molecular formula is C7H6N4O3. The van der Waals surface area contributed by atoms with Gasteiger partial charge in [-0.25, -0.2) is 4.79 Å². The van der Waals surface area contributed by atoms with Crippen molar-refractivity contribution < 1.29 is 4.79 Å². The van der Waals surface area contributed by atoms with Gasteiger partial charge in [0.2, 0.25) is 0 Å². The van der Waals surface area contributed by atoms with Crippen LogP contribution in [-0.2, 0) is 11.3 Å². The Labute approximate surface area is 77.6 Å². The molecule has 1 amide bonds. The third-order valence-corrected chi connectivity index (χ3v) is 1.41. The lowest BCUT2D eigenvalue weighted by Crippen LogP contribution is -2.33. The second kappa shape index (κ2) is 4.04. The minimum atomic E-state index is -0.689. The summed E-state index contributed by atoms with van der Waals surface area (Å²) in [6, 6.07) is 1.11. The monoisotopic (exact) mass is 194 g/mol. The Morgan fingerprint density at radius 1 is 1.64 bits per heavy atom. The van der Waals surface area contributed by atoms with Crippen LogP contribution >= 0.6 is 0 Å². The largest absolute Gasteiger partial charge is 0.328 e. The molecule has 0 radical (unpaired) electrons. The molecule has 1 aromatic rings. The Hall–Kier alpha value is -2.36. The van der Waals surface area contributed by atoms with Crippen molar-refractivity contribution in [2.24, 2.45) is 0 Å². The lowest BCUT2D eigenvalue weighted by atomic mass is 10.5. The lowest BCUT2D eigenvalue weighted by Gasteiger charge is -2.00. The molecule has 0 aliphatic carbocycles. The van der Waals surface area contributed by atoms with Gasteiger partial charge >= 0.3 is 5.69 Å². The zero-order valence-corrected chi connectivity index (χ0v) is 6.98. The lowest BCUT2D eigenvalue weighted by molar-refractivity contribution is -0.120. The van der Waals surface area contributed by atoms with Crippen molar-refractivity contribution in [2.45, 2.75) is 6.54 Å². The number of nitriles is 1. The number of amides is 1. The van der Waals surface area contributed by atoms with Gasteiger partial charge < -0.3 is 0 Å². The summed E-state index contributed by atoms with van der Waals surface area (Å²) in [6.07, 6.45) is 2.61. The fraction of sp³-hybridized carbons (Fsp3) is 0.143. The number of aromatic nitrogens is 2. The molecule has 2 N–H and O–H groups in total. The number of rotatable bonds is 2. The molecule has 0 atom stereocenters. The molecule has 0 fully saturated rings. The predicted octanol–water partition coefficient (Wildman–Crippen LogP) is -1.87. The van der Waals surface area contributed by atoms with Gasteiger partial charge in [0, 0.05) is 12.3 Å². The van der Waals surface area contributed by atoms with E-state index in [4.69, 9.17) is 5.26 Å². The summed E-state index contributed by atoms with van der Waals surface area (Å²) < 4.78 is 0.980. The molecule has 0 bridgehead atoms. The van der Waals surface area contributed by atoms with E-state index in [-0.39, 0.29) is 6.54 Å². The van der Waals surface area contributed by atoms with Crippen molar-refractivity contribution in [2.75, 3.05) is 0 Å². The van der Waals surface area contributed by atoms with E-state index in [0.29, 0.717) is 0 Å². The summed E-state index contributed by atoms with van der Waals surface area (Å²) in [5.41, 5.74) is -1.22. The van der Waals surface area contributed by atoms with E-state index in [1.165, 1.54) is 12.4 Å². The van der Waals surface area contributed by atoms with Crippen LogP contribution in [0.25, 0.3) is 0 Å². The zero-order chi connectivity index (χ0) is 10.6. The quantitative estimate of drug-likeness (QED) is 0.424. The molecule has 1 aromatic heterocycles. The summed E-state index contributed by atoms with van der Waals surface area (Å²) in [4.78, 5) is 34.5. The Morgan fingerprint density at radius 2 is 2.36 bits per heavy atom. The van der Waals surface area contributed by atoms with Crippen LogP contribution in [0.15, 0.2) is 21.9 Å². The van der Waals surface area contributed by atoms with Crippen LogP contribution in [0.2, 0.25) is 0 Å². The van der Waals surface area contributed by atoms with Gasteiger partial charge in [-0.3, -0.25) is 24.5 Å². The Balaban J connectivity index is 2.89. The van der Waals surface area contributed by atoms with Crippen molar-refractivity contribution >= 4 is 5.91 Å². The number of carbonyl (C=O) groups excluding carboxylic acids is 1. The van der Waals surface area contributed by atoms with Gasteiger partial charge in [-0.15, -0.1) is 0 Å². The SMILES string of the molecule is N#CNC(=O)Cn1ccc(=O)[nH]c1=O. The van der Waals surface area contributed by atoms with Crippen molar-refractivity contribution in [3.8, 4) is 6.19 Å². The van der Waals surface area contributed by atoms with Gasteiger partial charge in [-0.2, -0.15) is 5.26 Å². The minimum Gasteiger partial charge on any atom is -0.291 e. The van der Waals surface area contributed by atoms with Gasteiger partial charge in [0.05, 0.1) is 0 Å². The van der Waals surface area contributed by atoms with Crippen LogP contribution in [0, 0.1) is 11.5 Å². The average molecular weight is 194 g/mol. The Bertz CT molecular complexity index is 493. The normalized spacial score (nSPS) is 9.07. The van der Waals surface area contributed by atoms with E-state index in [1.54, 1.807) is 0 Å². The Morgan fingerprint density at radius 3 is 2.93 bits per heavy atom. The van der Waals surface area contributed by atoms with Crippen LogP contribution in [0.3, 0.4) is 0 Å². The van der Waals surface area contributed by atoms with E-state index in [9.17, 15) is 14.4 Å². The van der Waals surface area contributed by atoms with E-state index >= 15 is 0 Å². The molecule has 7 heteroatoms. The molecule has 0 saturated carbocycles. The van der Waals surface area contributed by atoms with Crippen LogP contribution in [0.1, 0.15) is 0 Å². The first-order valence-electron chi connectivity index (χ1n) is 3.61. The standard InChI is InChI=1S/C7H6N4O3/c8-4-9-6(13)3-11-2-1-5(12)10-7(11)14/h1-2H,3H2,(H,9,13)(H,10,12,14). The minimum absolute atomic E-state index is 0.302. The fourth-order valence-electron chi connectivity index (χ4n) is 0.825. The summed E-state index contributed by atoms with van der Waals surface area (Å²) >= 11 is 0. The second-order valence-corrected chi connectivity index (χ2v) is 2.40. The number of nitrogens with zero attached hydrogens (tertiary/aromatic N) is 2. The van der Waals surface area contributed by atoms with Crippen LogP contribution in [-0.4, -0.2) is 15.5 Å². The molecule has 0 saturated heterocycles. The molecule has 0 aliphatic rings. The maximum Gasteiger partial charge on any atom is 0.328 e. The first kappa shape index (κ1) is 9.73. The molecule has 1 rings (SSSR count). The van der Waals surface area contributed by atoms with Crippen molar-refractivity contribution in [1.82, 2.24) is 14.9 Å². The highest BCUT2D eigenvalue weighted by atomic mass is 16.2.